The van der Waals surface area contributed by atoms with E-state index in [1.165, 1.54) is 12.1 Å². The molecule has 1 aromatic heterocycles. The number of nitrogens with one attached hydrogen (secondary N) is 1. The molecule has 0 radical (unpaired) electrons. The number of rotatable bonds is 1. The molecule has 0 saturated carbocycles. The van der Waals surface area contributed by atoms with Gasteiger partial charge in [-0.3, -0.25) is 14.9 Å². The van der Waals surface area contributed by atoms with Crippen LogP contribution in [-0.2, 0) is 9.59 Å². The number of nitrogens with zero attached hydrogens (tertiary/aromatic N) is 1. The molecule has 2 rings (SSSR count). The SMILES string of the molecule is O=C1C=C(n2c(O)ccc2O)C(=O)N1. The van der Waals surface area contributed by atoms with Gasteiger partial charge in [0.2, 0.25) is 0 Å². The number of aromatic nitrogens is 1. The zero-order valence-electron chi connectivity index (χ0n) is 6.89. The second kappa shape index (κ2) is 2.63. The van der Waals surface area contributed by atoms with Gasteiger partial charge in [-0.15, -0.1) is 0 Å². The van der Waals surface area contributed by atoms with Gasteiger partial charge in [-0.1, -0.05) is 0 Å². The monoisotopic (exact) mass is 194 g/mol. The second-order valence-corrected chi connectivity index (χ2v) is 2.73. The van der Waals surface area contributed by atoms with Crippen LogP contribution in [0.25, 0.3) is 5.70 Å². The van der Waals surface area contributed by atoms with Crippen molar-refractivity contribution in [2.24, 2.45) is 0 Å². The van der Waals surface area contributed by atoms with Gasteiger partial charge in [-0.25, -0.2) is 4.57 Å². The van der Waals surface area contributed by atoms with E-state index in [1.54, 1.807) is 0 Å². The van der Waals surface area contributed by atoms with Crippen molar-refractivity contribution in [2.75, 3.05) is 0 Å². The molecule has 72 valence electrons. The van der Waals surface area contributed by atoms with Crippen LogP contribution in [0, 0.1) is 0 Å². The number of aromatic hydroxyl groups is 2. The number of carbonyl (C=O) groups is 2. The van der Waals surface area contributed by atoms with Gasteiger partial charge >= 0.3 is 0 Å². The number of hydrogen-bond donors (Lipinski definition) is 3. The summed E-state index contributed by atoms with van der Waals surface area (Å²) in [6, 6.07) is 2.43. The molecular weight excluding hydrogens is 188 g/mol. The van der Waals surface area contributed by atoms with Crippen LogP contribution in [0.2, 0.25) is 0 Å². The Balaban J connectivity index is 2.55. The average Bonchev–Trinajstić information content (AvgIpc) is 2.57. The van der Waals surface area contributed by atoms with Crippen LogP contribution < -0.4 is 5.32 Å². The van der Waals surface area contributed by atoms with Crippen LogP contribution in [0.4, 0.5) is 0 Å². The topological polar surface area (TPSA) is 91.6 Å². The van der Waals surface area contributed by atoms with E-state index in [2.05, 4.69) is 0 Å². The van der Waals surface area contributed by atoms with E-state index in [0.29, 0.717) is 0 Å². The maximum absolute atomic E-state index is 11.1. The first-order valence-electron chi connectivity index (χ1n) is 3.76. The van der Waals surface area contributed by atoms with Gasteiger partial charge in [-0.2, -0.15) is 0 Å². The molecule has 6 nitrogen and oxygen atoms in total. The normalized spacial score (nSPS) is 15.6. The van der Waals surface area contributed by atoms with Crippen molar-refractivity contribution < 1.29 is 19.8 Å². The zero-order valence-corrected chi connectivity index (χ0v) is 6.89. The second-order valence-electron chi connectivity index (χ2n) is 2.73. The first-order valence-corrected chi connectivity index (χ1v) is 3.76. The molecule has 0 spiro atoms. The van der Waals surface area contributed by atoms with E-state index in [4.69, 9.17) is 0 Å². The molecule has 0 bridgehead atoms. The number of carbonyl (C=O) groups excluding carboxylic acids is 2. The van der Waals surface area contributed by atoms with Crippen LogP contribution in [0.15, 0.2) is 18.2 Å². The minimum atomic E-state index is -0.656. The Labute approximate surface area is 78.1 Å². The minimum absolute atomic E-state index is 0.102. The summed E-state index contributed by atoms with van der Waals surface area (Å²) >= 11 is 0. The van der Waals surface area contributed by atoms with E-state index < -0.39 is 11.8 Å². The van der Waals surface area contributed by atoms with E-state index in [0.717, 1.165) is 10.6 Å². The summed E-state index contributed by atoms with van der Waals surface area (Å²) in [5, 5.41) is 20.5. The molecule has 1 aliphatic rings. The third-order valence-corrected chi connectivity index (χ3v) is 1.82. The third kappa shape index (κ3) is 1.05. The molecule has 0 aliphatic carbocycles. The quantitative estimate of drug-likeness (QED) is 0.520. The van der Waals surface area contributed by atoms with Crippen LogP contribution in [0.1, 0.15) is 0 Å². The zero-order chi connectivity index (χ0) is 10.3. The molecule has 2 heterocycles. The predicted octanol–water partition coefficient (Wildman–Crippen LogP) is -0.603. The molecule has 1 aromatic rings. The van der Waals surface area contributed by atoms with Crippen LogP contribution >= 0.6 is 0 Å². The molecule has 0 unspecified atom stereocenters. The largest absolute Gasteiger partial charge is 0.494 e. The maximum atomic E-state index is 11.1. The number of amides is 2. The summed E-state index contributed by atoms with van der Waals surface area (Å²) < 4.78 is 0.875. The summed E-state index contributed by atoms with van der Waals surface area (Å²) in [7, 11) is 0. The van der Waals surface area contributed by atoms with E-state index in [9.17, 15) is 19.8 Å². The Morgan fingerprint density at radius 1 is 1.14 bits per heavy atom. The highest BCUT2D eigenvalue weighted by Gasteiger charge is 2.25. The maximum Gasteiger partial charge on any atom is 0.275 e. The van der Waals surface area contributed by atoms with E-state index >= 15 is 0 Å². The van der Waals surface area contributed by atoms with E-state index in [1.807, 2.05) is 5.32 Å². The van der Waals surface area contributed by atoms with Gasteiger partial charge in [0.05, 0.1) is 0 Å². The van der Waals surface area contributed by atoms with Gasteiger partial charge in [0, 0.05) is 18.2 Å². The van der Waals surface area contributed by atoms with Crippen molar-refractivity contribution in [2.45, 2.75) is 0 Å². The Kier molecular flexibility index (Phi) is 1.57. The lowest BCUT2D eigenvalue weighted by Crippen LogP contribution is -2.22. The Bertz CT molecular complexity index is 438. The van der Waals surface area contributed by atoms with Gasteiger partial charge in [0.1, 0.15) is 5.70 Å². The van der Waals surface area contributed by atoms with Crippen molar-refractivity contribution in [3.63, 3.8) is 0 Å². The highest BCUT2D eigenvalue weighted by atomic mass is 16.3. The standard InChI is InChI=1S/C8H6N2O4/c11-5-3-4(8(14)9-5)10-6(12)1-2-7(10)13/h1-3,12-13H,(H,9,11,14). The first-order chi connectivity index (χ1) is 6.59. The summed E-state index contributed by atoms with van der Waals surface area (Å²) in [6.45, 7) is 0. The van der Waals surface area contributed by atoms with Crippen molar-refractivity contribution >= 4 is 17.5 Å². The molecule has 6 heteroatoms. The molecular formula is C8H6N2O4. The predicted molar refractivity (Wildman–Crippen MR) is 45.2 cm³/mol. The highest BCUT2D eigenvalue weighted by Crippen LogP contribution is 2.27. The molecule has 0 atom stereocenters. The van der Waals surface area contributed by atoms with Gasteiger partial charge in [0.15, 0.2) is 11.8 Å². The summed E-state index contributed by atoms with van der Waals surface area (Å²) in [5.41, 5.74) is -0.102. The van der Waals surface area contributed by atoms with Crippen LogP contribution in [0.3, 0.4) is 0 Å². The lowest BCUT2D eigenvalue weighted by atomic mass is 10.4. The van der Waals surface area contributed by atoms with Crippen molar-refractivity contribution in [3.8, 4) is 11.8 Å². The molecule has 2 amide bonds. The number of imide groups is 1. The van der Waals surface area contributed by atoms with Crippen LogP contribution in [-0.4, -0.2) is 26.6 Å². The summed E-state index contributed by atoms with van der Waals surface area (Å²) in [5.74, 6) is -1.84. The Hall–Kier alpha value is -2.24. The van der Waals surface area contributed by atoms with Gasteiger partial charge in [0.25, 0.3) is 11.8 Å². The van der Waals surface area contributed by atoms with Crippen molar-refractivity contribution in [3.05, 3.63) is 18.2 Å². The van der Waals surface area contributed by atoms with Gasteiger partial charge in [-0.05, 0) is 0 Å². The lowest BCUT2D eigenvalue weighted by molar-refractivity contribution is -0.123. The van der Waals surface area contributed by atoms with E-state index in [-0.39, 0.29) is 17.5 Å². The lowest BCUT2D eigenvalue weighted by Gasteiger charge is -2.04. The fourth-order valence-electron chi connectivity index (χ4n) is 1.23. The highest BCUT2D eigenvalue weighted by molar-refractivity contribution is 6.30. The first kappa shape index (κ1) is 8.36. The smallest absolute Gasteiger partial charge is 0.275 e. The van der Waals surface area contributed by atoms with Crippen LogP contribution in [0.5, 0.6) is 11.8 Å². The summed E-state index contributed by atoms with van der Waals surface area (Å²) in [6.07, 6.45) is 1.00. The molecule has 1 aliphatic heterocycles. The molecule has 0 fully saturated rings. The third-order valence-electron chi connectivity index (χ3n) is 1.82. The fourth-order valence-corrected chi connectivity index (χ4v) is 1.23. The molecule has 0 saturated heterocycles. The fraction of sp³-hybridized carbons (Fsp3) is 0. The Morgan fingerprint density at radius 3 is 2.14 bits per heavy atom. The summed E-state index contributed by atoms with van der Waals surface area (Å²) in [4.78, 5) is 21.9. The minimum Gasteiger partial charge on any atom is -0.494 e. The van der Waals surface area contributed by atoms with Gasteiger partial charge < -0.3 is 10.2 Å². The number of hydrogen-bond acceptors (Lipinski definition) is 4. The molecule has 3 N–H and O–H groups in total. The molecule has 0 aromatic carbocycles. The Morgan fingerprint density at radius 2 is 1.71 bits per heavy atom. The van der Waals surface area contributed by atoms with Crippen molar-refractivity contribution in [1.82, 2.24) is 9.88 Å². The van der Waals surface area contributed by atoms with Crippen molar-refractivity contribution in [1.29, 1.82) is 0 Å². The average molecular weight is 194 g/mol. The molecule has 14 heavy (non-hydrogen) atoms.